The average Bonchev–Trinajstić information content (AvgIpc) is 2.99. The van der Waals surface area contributed by atoms with Crippen LogP contribution in [-0.4, -0.2) is 0 Å². The molecule has 0 aliphatic rings. The molecule has 194 valence electrons. The van der Waals surface area contributed by atoms with Crippen LogP contribution in [0.5, 0.6) is 0 Å². The van der Waals surface area contributed by atoms with Crippen LogP contribution in [0.4, 0.5) is 4.39 Å². The van der Waals surface area contributed by atoms with Crippen molar-refractivity contribution in [2.24, 2.45) is 0 Å². The second kappa shape index (κ2) is 11.3. The average molecular weight is 580 g/mol. The molecule has 0 atom stereocenters. The monoisotopic (exact) mass is 578 g/mol. The van der Waals surface area contributed by atoms with Crippen molar-refractivity contribution in [2.45, 2.75) is 0 Å². The van der Waals surface area contributed by atoms with Crippen molar-refractivity contribution >= 4 is 34.8 Å². The van der Waals surface area contributed by atoms with Crippen LogP contribution in [0.2, 0.25) is 15.1 Å². The first-order valence-electron chi connectivity index (χ1n) is 12.8. The van der Waals surface area contributed by atoms with E-state index in [9.17, 15) is 4.39 Å². The molecule has 0 fully saturated rings. The first kappa shape index (κ1) is 26.3. The minimum atomic E-state index is -0.292. The number of hydrogen-bond acceptors (Lipinski definition) is 0. The standard InChI is InChI=1S/C36H22Cl3F/c37-29-16-10-25(11-17-29)32-22-33(26-14-20-31(40)21-15-26)34(36(39)35(32)28-12-18-30(38)19-13-28)27-8-6-24(7-9-27)23-4-2-1-3-5-23/h1-22H. The minimum Gasteiger partial charge on any atom is -0.207 e. The van der Waals surface area contributed by atoms with Crippen LogP contribution >= 0.6 is 34.8 Å². The summed E-state index contributed by atoms with van der Waals surface area (Å²) in [5.41, 5.74) is 9.57. The normalized spacial score (nSPS) is 11.0. The Labute approximate surface area is 248 Å². The fraction of sp³-hybridized carbons (Fsp3) is 0. The molecule has 0 N–H and O–H groups in total. The highest BCUT2D eigenvalue weighted by Crippen LogP contribution is 2.48. The molecule has 6 aromatic carbocycles. The van der Waals surface area contributed by atoms with Gasteiger partial charge in [-0.25, -0.2) is 4.39 Å². The fourth-order valence-corrected chi connectivity index (χ4v) is 5.68. The fourth-order valence-electron chi connectivity index (χ4n) is 5.01. The Morgan fingerprint density at radius 3 is 1.25 bits per heavy atom. The Balaban J connectivity index is 1.64. The van der Waals surface area contributed by atoms with Crippen LogP contribution < -0.4 is 0 Å². The van der Waals surface area contributed by atoms with E-state index in [4.69, 9.17) is 34.8 Å². The van der Waals surface area contributed by atoms with Crippen LogP contribution in [0, 0.1) is 5.82 Å². The second-order valence-electron chi connectivity index (χ2n) is 9.50. The van der Waals surface area contributed by atoms with Gasteiger partial charge in [0.25, 0.3) is 0 Å². The van der Waals surface area contributed by atoms with Crippen LogP contribution in [0.3, 0.4) is 0 Å². The summed E-state index contributed by atoms with van der Waals surface area (Å²) in [4.78, 5) is 0. The van der Waals surface area contributed by atoms with Crippen LogP contribution in [0.25, 0.3) is 55.6 Å². The molecular formula is C36H22Cl3F. The van der Waals surface area contributed by atoms with E-state index in [0.717, 1.165) is 55.6 Å². The Morgan fingerprint density at radius 1 is 0.375 bits per heavy atom. The number of rotatable bonds is 5. The highest BCUT2D eigenvalue weighted by molar-refractivity contribution is 6.38. The van der Waals surface area contributed by atoms with Gasteiger partial charge in [-0.15, -0.1) is 0 Å². The summed E-state index contributed by atoms with van der Waals surface area (Å²) in [6.07, 6.45) is 0. The molecule has 0 aromatic heterocycles. The molecule has 0 nitrogen and oxygen atoms in total. The maximum absolute atomic E-state index is 14.0. The molecule has 0 unspecified atom stereocenters. The highest BCUT2D eigenvalue weighted by atomic mass is 35.5. The topological polar surface area (TPSA) is 0 Å². The van der Waals surface area contributed by atoms with Gasteiger partial charge in [0.15, 0.2) is 0 Å². The van der Waals surface area contributed by atoms with Crippen LogP contribution in [0.15, 0.2) is 133 Å². The first-order chi connectivity index (χ1) is 19.5. The molecule has 0 heterocycles. The zero-order chi connectivity index (χ0) is 27.6. The lowest BCUT2D eigenvalue weighted by Gasteiger charge is -2.21. The van der Waals surface area contributed by atoms with Crippen molar-refractivity contribution in [3.05, 3.63) is 154 Å². The summed E-state index contributed by atoms with van der Waals surface area (Å²) in [5, 5.41) is 1.89. The predicted octanol–water partition coefficient (Wildman–Crippen LogP) is 12.1. The van der Waals surface area contributed by atoms with Crippen LogP contribution in [0.1, 0.15) is 0 Å². The summed E-state index contributed by atoms with van der Waals surface area (Å²) in [6, 6.07) is 42.6. The van der Waals surface area contributed by atoms with Crippen molar-refractivity contribution < 1.29 is 4.39 Å². The van der Waals surface area contributed by atoms with Gasteiger partial charge in [-0.3, -0.25) is 0 Å². The Hall–Kier alpha value is -3.88. The zero-order valence-corrected chi connectivity index (χ0v) is 23.5. The molecule has 0 spiro atoms. The van der Waals surface area contributed by atoms with E-state index in [0.29, 0.717) is 15.1 Å². The molecule has 6 aromatic rings. The maximum atomic E-state index is 14.0. The smallest absolute Gasteiger partial charge is 0.123 e. The molecule has 4 heteroatoms. The van der Waals surface area contributed by atoms with Gasteiger partial charge >= 0.3 is 0 Å². The lowest BCUT2D eigenvalue weighted by atomic mass is 9.85. The number of halogens is 4. The second-order valence-corrected chi connectivity index (χ2v) is 10.8. The first-order valence-corrected chi connectivity index (χ1v) is 13.9. The van der Waals surface area contributed by atoms with Crippen molar-refractivity contribution in [1.29, 1.82) is 0 Å². The summed E-state index contributed by atoms with van der Waals surface area (Å²) < 4.78 is 14.0. The van der Waals surface area contributed by atoms with Crippen molar-refractivity contribution in [3.63, 3.8) is 0 Å². The lowest BCUT2D eigenvalue weighted by molar-refractivity contribution is 0.628. The lowest BCUT2D eigenvalue weighted by Crippen LogP contribution is -1.95. The Morgan fingerprint density at radius 2 is 0.750 bits per heavy atom. The van der Waals surface area contributed by atoms with Gasteiger partial charge in [0.2, 0.25) is 0 Å². The molecule has 40 heavy (non-hydrogen) atoms. The van der Waals surface area contributed by atoms with Crippen LogP contribution in [-0.2, 0) is 0 Å². The summed E-state index contributed by atoms with van der Waals surface area (Å²) in [5.74, 6) is -0.292. The molecule has 6 rings (SSSR count). The van der Waals surface area contributed by atoms with Crippen molar-refractivity contribution in [3.8, 4) is 55.6 Å². The van der Waals surface area contributed by atoms with E-state index in [1.807, 2.05) is 66.7 Å². The Bertz CT molecular complexity index is 1770. The molecule has 0 aliphatic heterocycles. The maximum Gasteiger partial charge on any atom is 0.123 e. The Kier molecular flexibility index (Phi) is 7.45. The quantitative estimate of drug-likeness (QED) is 0.190. The molecule has 0 bridgehead atoms. The number of hydrogen-bond donors (Lipinski definition) is 0. The third-order valence-electron chi connectivity index (χ3n) is 6.99. The van der Waals surface area contributed by atoms with E-state index < -0.39 is 0 Å². The van der Waals surface area contributed by atoms with E-state index in [2.05, 4.69) is 42.5 Å². The van der Waals surface area contributed by atoms with E-state index in [1.165, 1.54) is 12.1 Å². The highest BCUT2D eigenvalue weighted by Gasteiger charge is 2.22. The largest absolute Gasteiger partial charge is 0.207 e. The van der Waals surface area contributed by atoms with Gasteiger partial charge in [0.05, 0.1) is 5.02 Å². The summed E-state index contributed by atoms with van der Waals surface area (Å²) >= 11 is 19.9. The van der Waals surface area contributed by atoms with Gasteiger partial charge < -0.3 is 0 Å². The molecule has 0 amide bonds. The summed E-state index contributed by atoms with van der Waals surface area (Å²) in [6.45, 7) is 0. The molecular weight excluding hydrogens is 558 g/mol. The van der Waals surface area contributed by atoms with Gasteiger partial charge in [0.1, 0.15) is 5.82 Å². The minimum absolute atomic E-state index is 0.292. The molecule has 0 aliphatic carbocycles. The van der Waals surface area contributed by atoms with E-state index in [1.54, 1.807) is 12.1 Å². The molecule has 0 saturated carbocycles. The van der Waals surface area contributed by atoms with Crippen molar-refractivity contribution in [2.75, 3.05) is 0 Å². The molecule has 0 saturated heterocycles. The van der Waals surface area contributed by atoms with Gasteiger partial charge in [0, 0.05) is 21.2 Å². The predicted molar refractivity (Wildman–Crippen MR) is 169 cm³/mol. The molecule has 0 radical (unpaired) electrons. The number of benzene rings is 6. The van der Waals surface area contributed by atoms with Gasteiger partial charge in [-0.1, -0.05) is 126 Å². The third kappa shape index (κ3) is 5.29. The third-order valence-corrected chi connectivity index (χ3v) is 7.87. The van der Waals surface area contributed by atoms with E-state index >= 15 is 0 Å². The zero-order valence-electron chi connectivity index (χ0n) is 21.2. The van der Waals surface area contributed by atoms with Crippen molar-refractivity contribution in [1.82, 2.24) is 0 Å². The summed E-state index contributed by atoms with van der Waals surface area (Å²) in [7, 11) is 0. The SMILES string of the molecule is Fc1ccc(-c2cc(-c3ccc(Cl)cc3)c(-c3ccc(Cl)cc3)c(Cl)c2-c2ccc(-c3ccccc3)cc2)cc1. The van der Waals surface area contributed by atoms with Gasteiger partial charge in [-0.2, -0.15) is 0 Å². The van der Waals surface area contributed by atoms with Gasteiger partial charge in [-0.05, 0) is 87.0 Å². The van der Waals surface area contributed by atoms with E-state index in [-0.39, 0.29) is 5.82 Å².